The largest absolute Gasteiger partial charge is 0.450 e. The van der Waals surface area contributed by atoms with Crippen LogP contribution in [0.1, 0.15) is 19.3 Å². The number of benzene rings is 1. The van der Waals surface area contributed by atoms with Crippen molar-refractivity contribution in [3.63, 3.8) is 0 Å². The van der Waals surface area contributed by atoms with Crippen LogP contribution in [-0.4, -0.2) is 6.61 Å². The summed E-state index contributed by atoms with van der Waals surface area (Å²) in [5.74, 6) is 0.863. The molecule has 0 spiro atoms. The van der Waals surface area contributed by atoms with Crippen LogP contribution in [0.3, 0.4) is 0 Å². The molecule has 0 saturated heterocycles. The standard InChI is InChI=1S/C12H17O2P/c1-2-3-4-8-11-13-15-14-12-9-6-5-7-10-12/h2,5-7,9-10,15H,1,3-4,8,11H2. The Kier molecular flexibility index (Phi) is 6.89. The monoisotopic (exact) mass is 224 g/mol. The molecule has 1 atom stereocenters. The fraction of sp³-hybridized carbons (Fsp3) is 0.333. The molecule has 0 aliphatic rings. The molecule has 2 nitrogen and oxygen atoms in total. The Labute approximate surface area is 93.2 Å². The predicted molar refractivity (Wildman–Crippen MR) is 65.4 cm³/mol. The van der Waals surface area contributed by atoms with Gasteiger partial charge in [0.2, 0.25) is 9.03 Å². The Morgan fingerprint density at radius 1 is 1.20 bits per heavy atom. The highest BCUT2D eigenvalue weighted by Gasteiger charge is 1.92. The van der Waals surface area contributed by atoms with E-state index in [1.165, 1.54) is 0 Å². The molecule has 1 unspecified atom stereocenters. The van der Waals surface area contributed by atoms with E-state index in [0.717, 1.165) is 31.6 Å². The van der Waals surface area contributed by atoms with Gasteiger partial charge in [0.15, 0.2) is 0 Å². The van der Waals surface area contributed by atoms with Gasteiger partial charge >= 0.3 is 0 Å². The average molecular weight is 224 g/mol. The minimum atomic E-state index is 0.0957. The minimum Gasteiger partial charge on any atom is -0.450 e. The van der Waals surface area contributed by atoms with Crippen molar-refractivity contribution in [1.29, 1.82) is 0 Å². The van der Waals surface area contributed by atoms with Crippen molar-refractivity contribution in [3.05, 3.63) is 43.0 Å². The summed E-state index contributed by atoms with van der Waals surface area (Å²) in [7, 11) is 0.0957. The third kappa shape index (κ3) is 6.27. The van der Waals surface area contributed by atoms with Gasteiger partial charge in [-0.1, -0.05) is 24.3 Å². The van der Waals surface area contributed by atoms with Gasteiger partial charge in [-0.3, -0.25) is 0 Å². The fourth-order valence-corrected chi connectivity index (χ4v) is 1.59. The summed E-state index contributed by atoms with van der Waals surface area (Å²) in [6.07, 6.45) is 5.20. The van der Waals surface area contributed by atoms with E-state index >= 15 is 0 Å². The molecule has 1 aromatic carbocycles. The highest BCUT2D eigenvalue weighted by atomic mass is 31.1. The van der Waals surface area contributed by atoms with Gasteiger partial charge in [0.25, 0.3) is 0 Å². The van der Waals surface area contributed by atoms with E-state index < -0.39 is 0 Å². The Bertz CT molecular complexity index is 262. The van der Waals surface area contributed by atoms with Gasteiger partial charge in [-0.15, -0.1) is 6.58 Å². The van der Waals surface area contributed by atoms with Crippen molar-refractivity contribution in [1.82, 2.24) is 0 Å². The number of hydrogen-bond acceptors (Lipinski definition) is 2. The van der Waals surface area contributed by atoms with E-state index in [4.69, 9.17) is 9.05 Å². The first kappa shape index (κ1) is 12.2. The van der Waals surface area contributed by atoms with Crippen LogP contribution in [0.15, 0.2) is 43.0 Å². The normalized spacial score (nSPS) is 10.7. The summed E-state index contributed by atoms with van der Waals surface area (Å²) in [5, 5.41) is 0. The van der Waals surface area contributed by atoms with Crippen molar-refractivity contribution >= 4 is 9.03 Å². The molecule has 0 aromatic heterocycles. The summed E-state index contributed by atoms with van der Waals surface area (Å²) >= 11 is 0. The lowest BCUT2D eigenvalue weighted by Crippen LogP contribution is -1.87. The molecule has 15 heavy (non-hydrogen) atoms. The number of para-hydroxylation sites is 1. The van der Waals surface area contributed by atoms with Crippen LogP contribution in [-0.2, 0) is 4.52 Å². The van der Waals surface area contributed by atoms with Gasteiger partial charge in [0.1, 0.15) is 5.75 Å². The van der Waals surface area contributed by atoms with E-state index in [0.29, 0.717) is 0 Å². The second-order valence-electron chi connectivity index (χ2n) is 3.13. The van der Waals surface area contributed by atoms with E-state index in [2.05, 4.69) is 6.58 Å². The zero-order chi connectivity index (χ0) is 10.8. The second-order valence-corrected chi connectivity index (χ2v) is 3.79. The van der Waals surface area contributed by atoms with Gasteiger partial charge in [-0.2, -0.15) is 0 Å². The van der Waals surface area contributed by atoms with E-state index in [9.17, 15) is 0 Å². The summed E-state index contributed by atoms with van der Waals surface area (Å²) in [6.45, 7) is 4.43. The molecule has 1 rings (SSSR count). The third-order valence-corrected chi connectivity index (χ3v) is 2.51. The Hall–Kier alpha value is -0.850. The van der Waals surface area contributed by atoms with Crippen molar-refractivity contribution in [3.8, 4) is 5.75 Å². The van der Waals surface area contributed by atoms with Crippen molar-refractivity contribution < 1.29 is 9.05 Å². The number of allylic oxidation sites excluding steroid dienone is 1. The lowest BCUT2D eigenvalue weighted by molar-refractivity contribution is 0.319. The molecule has 0 N–H and O–H groups in total. The molecule has 0 aliphatic carbocycles. The number of hydrogen-bond donors (Lipinski definition) is 0. The van der Waals surface area contributed by atoms with Gasteiger partial charge in [-0.25, -0.2) is 0 Å². The molecule has 0 amide bonds. The van der Waals surface area contributed by atoms with E-state index in [-0.39, 0.29) is 9.03 Å². The van der Waals surface area contributed by atoms with Crippen LogP contribution in [0.4, 0.5) is 0 Å². The fourth-order valence-electron chi connectivity index (χ4n) is 1.07. The van der Waals surface area contributed by atoms with Gasteiger partial charge in [0, 0.05) is 0 Å². The third-order valence-electron chi connectivity index (χ3n) is 1.87. The van der Waals surface area contributed by atoms with Crippen LogP contribution in [0.2, 0.25) is 0 Å². The lowest BCUT2D eigenvalue weighted by atomic mass is 10.2. The molecule has 0 aliphatic heterocycles. The quantitative estimate of drug-likeness (QED) is 0.378. The van der Waals surface area contributed by atoms with Gasteiger partial charge in [-0.05, 0) is 31.4 Å². The van der Waals surface area contributed by atoms with Gasteiger partial charge < -0.3 is 9.05 Å². The van der Waals surface area contributed by atoms with Crippen LogP contribution >= 0.6 is 9.03 Å². The highest BCUT2D eigenvalue weighted by molar-refractivity contribution is 7.26. The maximum absolute atomic E-state index is 5.40. The summed E-state index contributed by atoms with van der Waals surface area (Å²) in [4.78, 5) is 0. The molecule has 0 bridgehead atoms. The first-order valence-corrected chi connectivity index (χ1v) is 5.94. The maximum Gasteiger partial charge on any atom is 0.215 e. The minimum absolute atomic E-state index is 0.0957. The zero-order valence-corrected chi connectivity index (χ0v) is 9.82. The molecule has 82 valence electrons. The van der Waals surface area contributed by atoms with Crippen LogP contribution in [0.5, 0.6) is 5.75 Å². The number of unbranched alkanes of at least 4 members (excludes halogenated alkanes) is 2. The number of rotatable bonds is 8. The molecule has 0 heterocycles. The lowest BCUT2D eigenvalue weighted by Gasteiger charge is -2.05. The molecule has 3 heteroatoms. The molecular weight excluding hydrogens is 207 g/mol. The summed E-state index contributed by atoms with van der Waals surface area (Å²) in [5.41, 5.74) is 0. The van der Waals surface area contributed by atoms with Crippen LogP contribution < -0.4 is 4.52 Å². The maximum atomic E-state index is 5.40. The predicted octanol–water partition coefficient (Wildman–Crippen LogP) is 3.95. The smallest absolute Gasteiger partial charge is 0.215 e. The topological polar surface area (TPSA) is 18.5 Å². The molecule has 1 aromatic rings. The molecule has 0 fully saturated rings. The van der Waals surface area contributed by atoms with Gasteiger partial charge in [0.05, 0.1) is 6.61 Å². The highest BCUT2D eigenvalue weighted by Crippen LogP contribution is 2.20. The zero-order valence-electron chi connectivity index (χ0n) is 8.82. The van der Waals surface area contributed by atoms with Crippen LogP contribution in [0, 0.1) is 0 Å². The van der Waals surface area contributed by atoms with E-state index in [1.807, 2.05) is 36.4 Å². The van der Waals surface area contributed by atoms with Crippen molar-refractivity contribution in [2.24, 2.45) is 0 Å². The summed E-state index contributed by atoms with van der Waals surface area (Å²) in [6, 6.07) is 9.71. The average Bonchev–Trinajstić information content (AvgIpc) is 2.29. The first-order valence-electron chi connectivity index (χ1n) is 5.13. The second kappa shape index (κ2) is 8.46. The van der Waals surface area contributed by atoms with Crippen molar-refractivity contribution in [2.75, 3.05) is 6.61 Å². The van der Waals surface area contributed by atoms with Crippen molar-refractivity contribution in [2.45, 2.75) is 19.3 Å². The first-order chi connectivity index (χ1) is 7.43. The molecule has 0 radical (unpaired) electrons. The van der Waals surface area contributed by atoms with Crippen LogP contribution in [0.25, 0.3) is 0 Å². The Morgan fingerprint density at radius 3 is 2.73 bits per heavy atom. The Balaban J connectivity index is 1.95. The molecular formula is C12H17O2P. The van der Waals surface area contributed by atoms with E-state index in [1.54, 1.807) is 0 Å². The Morgan fingerprint density at radius 2 is 2.00 bits per heavy atom. The molecule has 0 saturated carbocycles. The summed E-state index contributed by atoms with van der Waals surface area (Å²) < 4.78 is 10.8. The SMILES string of the molecule is C=CCCCCOPOc1ccccc1.